The third-order valence-corrected chi connectivity index (χ3v) is 5.21. The Kier molecular flexibility index (Phi) is 4.94. The van der Waals surface area contributed by atoms with Crippen LogP contribution in [0.4, 0.5) is 0 Å². The normalized spacial score (nSPS) is 20.6. The fourth-order valence-electron chi connectivity index (χ4n) is 2.45. The minimum atomic E-state index is -3.10. The molecule has 1 atom stereocenters. The van der Waals surface area contributed by atoms with Crippen molar-refractivity contribution in [1.82, 2.24) is 20.1 Å². The van der Waals surface area contributed by atoms with Crippen LogP contribution in [-0.2, 0) is 16.3 Å². The van der Waals surface area contributed by atoms with Crippen molar-refractivity contribution in [2.45, 2.75) is 32.2 Å². The van der Waals surface area contributed by atoms with Crippen LogP contribution in [0.3, 0.4) is 0 Å². The number of hydrogen-bond acceptors (Lipinski definition) is 6. The van der Waals surface area contributed by atoms with E-state index in [0.717, 1.165) is 6.42 Å². The maximum Gasteiger partial charge on any atom is 0.293 e. The highest BCUT2D eigenvalue weighted by Gasteiger charge is 2.35. The Morgan fingerprint density at radius 3 is 2.86 bits per heavy atom. The number of hydrogen-bond donors (Lipinski definition) is 2. The van der Waals surface area contributed by atoms with Gasteiger partial charge >= 0.3 is 0 Å². The van der Waals surface area contributed by atoms with E-state index in [2.05, 4.69) is 15.2 Å². The van der Waals surface area contributed by atoms with Crippen LogP contribution < -0.4 is 0 Å². The number of nitrogens with one attached hydrogen (secondary N) is 1. The van der Waals surface area contributed by atoms with E-state index in [1.165, 1.54) is 4.90 Å². The zero-order valence-electron chi connectivity index (χ0n) is 11.9. The van der Waals surface area contributed by atoms with Gasteiger partial charge in [0.2, 0.25) is 5.82 Å². The van der Waals surface area contributed by atoms with Crippen LogP contribution >= 0.6 is 0 Å². The van der Waals surface area contributed by atoms with Crippen LogP contribution in [0.15, 0.2) is 0 Å². The van der Waals surface area contributed by atoms with E-state index in [1.54, 1.807) is 0 Å². The topological polar surface area (TPSA) is 116 Å². The van der Waals surface area contributed by atoms with E-state index in [0.29, 0.717) is 18.7 Å². The molecule has 1 aliphatic heterocycles. The zero-order valence-corrected chi connectivity index (χ0v) is 12.8. The second kappa shape index (κ2) is 6.52. The number of H-pyrrole nitrogens is 1. The van der Waals surface area contributed by atoms with Gasteiger partial charge in [0.05, 0.1) is 18.1 Å². The highest BCUT2D eigenvalue weighted by molar-refractivity contribution is 7.91. The molecule has 0 aromatic carbocycles. The summed E-state index contributed by atoms with van der Waals surface area (Å²) in [5.74, 6) is 0.220. The number of amides is 1. The molecule has 2 N–H and O–H groups in total. The molecule has 2 heterocycles. The molecule has 9 heteroatoms. The van der Waals surface area contributed by atoms with E-state index in [1.807, 2.05) is 6.92 Å². The molecule has 1 amide bonds. The number of nitrogens with zero attached hydrogens (tertiary/aromatic N) is 3. The number of carbonyl (C=O) groups excluding carboxylic acids is 1. The van der Waals surface area contributed by atoms with Crippen LogP contribution in [0, 0.1) is 0 Å². The van der Waals surface area contributed by atoms with Crippen molar-refractivity contribution in [2.24, 2.45) is 0 Å². The van der Waals surface area contributed by atoms with Gasteiger partial charge in [-0.05, 0) is 12.8 Å². The van der Waals surface area contributed by atoms with Gasteiger partial charge < -0.3 is 10.0 Å². The Bertz CT molecular complexity index is 598. The summed E-state index contributed by atoms with van der Waals surface area (Å²) in [6, 6.07) is -0.414. The molecule has 1 saturated heterocycles. The molecule has 1 aromatic heterocycles. The molecule has 21 heavy (non-hydrogen) atoms. The van der Waals surface area contributed by atoms with Crippen molar-refractivity contribution in [3.8, 4) is 0 Å². The zero-order chi connectivity index (χ0) is 15.5. The third kappa shape index (κ3) is 3.79. The molecule has 8 nitrogen and oxygen atoms in total. The van der Waals surface area contributed by atoms with E-state index < -0.39 is 21.8 Å². The highest BCUT2D eigenvalue weighted by atomic mass is 32.2. The first-order chi connectivity index (χ1) is 9.96. The lowest BCUT2D eigenvalue weighted by Crippen LogP contribution is -2.43. The van der Waals surface area contributed by atoms with Crippen LogP contribution in [-0.4, -0.2) is 70.2 Å². The highest BCUT2D eigenvalue weighted by Crippen LogP contribution is 2.19. The van der Waals surface area contributed by atoms with Gasteiger partial charge in [0.25, 0.3) is 5.91 Å². The van der Waals surface area contributed by atoms with Crippen LogP contribution in [0.5, 0.6) is 0 Å². The smallest absolute Gasteiger partial charge is 0.293 e. The molecule has 1 unspecified atom stereocenters. The third-order valence-electron chi connectivity index (χ3n) is 3.46. The fraction of sp³-hybridized carbons (Fsp3) is 0.750. The van der Waals surface area contributed by atoms with E-state index in [4.69, 9.17) is 5.11 Å². The number of aromatic nitrogens is 3. The van der Waals surface area contributed by atoms with Crippen molar-refractivity contribution in [1.29, 1.82) is 0 Å². The van der Waals surface area contributed by atoms with E-state index in [9.17, 15) is 13.2 Å². The first kappa shape index (κ1) is 15.9. The lowest BCUT2D eigenvalue weighted by Gasteiger charge is -2.26. The number of aliphatic hydroxyl groups is 1. The Morgan fingerprint density at radius 2 is 2.29 bits per heavy atom. The number of aryl methyl sites for hydroxylation is 1. The minimum Gasteiger partial charge on any atom is -0.395 e. The fourth-order valence-corrected chi connectivity index (χ4v) is 4.18. The Balaban J connectivity index is 2.15. The van der Waals surface area contributed by atoms with Gasteiger partial charge in [-0.15, -0.1) is 5.10 Å². The monoisotopic (exact) mass is 316 g/mol. The molecule has 1 aliphatic rings. The average Bonchev–Trinajstić information content (AvgIpc) is 3.02. The summed E-state index contributed by atoms with van der Waals surface area (Å²) in [6.45, 7) is 1.84. The van der Waals surface area contributed by atoms with Crippen LogP contribution in [0.1, 0.15) is 36.2 Å². The predicted octanol–water partition coefficient (Wildman–Crippen LogP) is -0.621. The maximum absolute atomic E-state index is 12.4. The predicted molar refractivity (Wildman–Crippen MR) is 75.6 cm³/mol. The Morgan fingerprint density at radius 1 is 1.52 bits per heavy atom. The quantitative estimate of drug-likeness (QED) is 0.722. The average molecular weight is 316 g/mol. The summed E-state index contributed by atoms with van der Waals surface area (Å²) in [4.78, 5) is 17.9. The van der Waals surface area contributed by atoms with Crippen molar-refractivity contribution in [2.75, 3.05) is 24.7 Å². The Hall–Kier alpha value is -1.48. The lowest BCUT2D eigenvalue weighted by atomic mass is 10.2. The van der Waals surface area contributed by atoms with Crippen molar-refractivity contribution < 1.29 is 18.3 Å². The second-order valence-electron chi connectivity index (χ2n) is 5.13. The summed E-state index contributed by atoms with van der Waals surface area (Å²) in [7, 11) is -3.10. The van der Waals surface area contributed by atoms with Crippen molar-refractivity contribution in [3.63, 3.8) is 0 Å². The van der Waals surface area contributed by atoms with E-state index in [-0.39, 0.29) is 30.5 Å². The molecular formula is C12H20N4O4S. The molecule has 0 spiro atoms. The SMILES string of the molecule is CCCc1nc(C(=O)N(CCO)C2CCS(=O)(=O)C2)n[nH]1. The molecule has 118 valence electrons. The summed E-state index contributed by atoms with van der Waals surface area (Å²) < 4.78 is 23.1. The first-order valence-electron chi connectivity index (χ1n) is 7.00. The second-order valence-corrected chi connectivity index (χ2v) is 7.36. The van der Waals surface area contributed by atoms with Gasteiger partial charge in [-0.2, -0.15) is 0 Å². The van der Waals surface area contributed by atoms with Gasteiger partial charge in [-0.25, -0.2) is 13.4 Å². The van der Waals surface area contributed by atoms with Crippen molar-refractivity contribution >= 4 is 15.7 Å². The van der Waals surface area contributed by atoms with Gasteiger partial charge in [0.15, 0.2) is 9.84 Å². The maximum atomic E-state index is 12.4. The number of carbonyl (C=O) groups is 1. The van der Waals surface area contributed by atoms with Crippen molar-refractivity contribution in [3.05, 3.63) is 11.6 Å². The van der Waals surface area contributed by atoms with Gasteiger partial charge in [0.1, 0.15) is 5.82 Å². The number of sulfone groups is 1. The minimum absolute atomic E-state index is 0.0243. The molecule has 1 fully saturated rings. The van der Waals surface area contributed by atoms with Crippen LogP contribution in [0.25, 0.3) is 0 Å². The standard InChI is InChI=1S/C12H20N4O4S/c1-2-3-10-13-11(15-14-10)12(18)16(5-6-17)9-4-7-21(19,20)8-9/h9,17H,2-8H2,1H3,(H,13,14,15). The van der Waals surface area contributed by atoms with Gasteiger partial charge in [-0.1, -0.05) is 6.92 Å². The number of aliphatic hydroxyl groups excluding tert-OH is 1. The lowest BCUT2D eigenvalue weighted by molar-refractivity contribution is 0.0643. The van der Waals surface area contributed by atoms with E-state index >= 15 is 0 Å². The Labute approximate surface area is 123 Å². The summed E-state index contributed by atoms with van der Waals surface area (Å²) in [6.07, 6.45) is 1.96. The largest absolute Gasteiger partial charge is 0.395 e. The van der Waals surface area contributed by atoms with Crippen LogP contribution in [0.2, 0.25) is 0 Å². The summed E-state index contributed by atoms with van der Waals surface area (Å²) in [5.41, 5.74) is 0. The van der Waals surface area contributed by atoms with Gasteiger partial charge in [-0.3, -0.25) is 9.89 Å². The molecule has 0 saturated carbocycles. The molecule has 1 aromatic rings. The summed E-state index contributed by atoms with van der Waals surface area (Å²) >= 11 is 0. The summed E-state index contributed by atoms with van der Waals surface area (Å²) in [5, 5.41) is 15.7. The molecule has 2 rings (SSSR count). The molecule has 0 aliphatic carbocycles. The molecular weight excluding hydrogens is 296 g/mol. The van der Waals surface area contributed by atoms with Gasteiger partial charge in [0, 0.05) is 19.0 Å². The molecule has 0 bridgehead atoms. The number of aromatic amines is 1. The first-order valence-corrected chi connectivity index (χ1v) is 8.82. The number of rotatable bonds is 6. The molecule has 0 radical (unpaired) electrons.